The molecule has 1 unspecified atom stereocenters. The molecular formula is C16H18BrFN2O. The van der Waals surface area contributed by atoms with Crippen molar-refractivity contribution in [2.24, 2.45) is 0 Å². The summed E-state index contributed by atoms with van der Waals surface area (Å²) in [4.78, 5) is 4.15. The van der Waals surface area contributed by atoms with Crippen LogP contribution in [0.1, 0.15) is 24.1 Å². The van der Waals surface area contributed by atoms with Crippen LogP contribution in [0.2, 0.25) is 0 Å². The van der Waals surface area contributed by atoms with Crippen LogP contribution in [0.4, 0.5) is 4.39 Å². The van der Waals surface area contributed by atoms with Gasteiger partial charge in [0, 0.05) is 34.5 Å². The molecule has 21 heavy (non-hydrogen) atoms. The second-order valence-corrected chi connectivity index (χ2v) is 5.63. The lowest BCUT2D eigenvalue weighted by molar-refractivity contribution is 0.409. The molecule has 1 atom stereocenters. The molecule has 1 aromatic heterocycles. The van der Waals surface area contributed by atoms with Gasteiger partial charge in [0.1, 0.15) is 11.6 Å². The Bertz CT molecular complexity index is 607. The Hall–Kier alpha value is -1.46. The third-order valence-corrected chi connectivity index (χ3v) is 3.67. The average Bonchev–Trinajstić information content (AvgIpc) is 2.47. The highest BCUT2D eigenvalue weighted by Crippen LogP contribution is 2.25. The minimum absolute atomic E-state index is 0.1000. The first-order valence-corrected chi connectivity index (χ1v) is 7.59. The lowest BCUT2D eigenvalue weighted by Gasteiger charge is -2.19. The standard InChI is InChI=1S/C16H18BrFN2O/c1-3-20-16(7-11-6-12(17)10-19-9-11)14-5-4-13(21-2)8-15(14)18/h4-6,8-10,16,20H,3,7H2,1-2H3. The van der Waals surface area contributed by atoms with Gasteiger partial charge in [-0.15, -0.1) is 0 Å². The van der Waals surface area contributed by atoms with Crippen molar-refractivity contribution in [1.29, 1.82) is 0 Å². The first-order valence-electron chi connectivity index (χ1n) is 6.80. The van der Waals surface area contributed by atoms with Crippen LogP contribution in [-0.2, 0) is 6.42 Å². The number of methoxy groups -OCH3 is 1. The Labute approximate surface area is 132 Å². The first-order chi connectivity index (χ1) is 10.1. The van der Waals surface area contributed by atoms with Crippen LogP contribution in [0, 0.1) is 5.82 Å². The second-order valence-electron chi connectivity index (χ2n) is 4.71. The van der Waals surface area contributed by atoms with Gasteiger partial charge in [-0.1, -0.05) is 13.0 Å². The van der Waals surface area contributed by atoms with Gasteiger partial charge in [-0.2, -0.15) is 0 Å². The summed E-state index contributed by atoms with van der Waals surface area (Å²) < 4.78 is 20.2. The minimum atomic E-state index is -0.261. The van der Waals surface area contributed by atoms with Gasteiger partial charge in [-0.3, -0.25) is 4.98 Å². The molecule has 1 aromatic carbocycles. The molecular weight excluding hydrogens is 335 g/mol. The SMILES string of the molecule is CCNC(Cc1cncc(Br)c1)c1ccc(OC)cc1F. The summed E-state index contributed by atoms with van der Waals surface area (Å²) in [7, 11) is 1.53. The molecule has 0 aliphatic rings. The summed E-state index contributed by atoms with van der Waals surface area (Å²) in [5.74, 6) is 0.263. The van der Waals surface area contributed by atoms with E-state index >= 15 is 0 Å². The summed E-state index contributed by atoms with van der Waals surface area (Å²) in [5.41, 5.74) is 1.68. The van der Waals surface area contributed by atoms with Gasteiger partial charge >= 0.3 is 0 Å². The minimum Gasteiger partial charge on any atom is -0.497 e. The lowest BCUT2D eigenvalue weighted by atomic mass is 9.99. The van der Waals surface area contributed by atoms with Gasteiger partial charge in [0.2, 0.25) is 0 Å². The Balaban J connectivity index is 2.26. The monoisotopic (exact) mass is 352 g/mol. The van der Waals surface area contributed by atoms with E-state index in [9.17, 15) is 4.39 Å². The summed E-state index contributed by atoms with van der Waals surface area (Å²) in [5, 5.41) is 3.32. The van der Waals surface area contributed by atoms with Crippen molar-refractivity contribution in [2.75, 3.05) is 13.7 Å². The number of benzene rings is 1. The van der Waals surface area contributed by atoms with E-state index in [2.05, 4.69) is 26.2 Å². The molecule has 0 saturated carbocycles. The van der Waals surface area contributed by atoms with Gasteiger partial charge < -0.3 is 10.1 Å². The topological polar surface area (TPSA) is 34.2 Å². The van der Waals surface area contributed by atoms with Gasteiger partial charge in [0.25, 0.3) is 0 Å². The predicted molar refractivity (Wildman–Crippen MR) is 85.0 cm³/mol. The molecule has 0 amide bonds. The summed E-state index contributed by atoms with van der Waals surface area (Å²) in [6, 6.07) is 6.86. The number of hydrogen-bond acceptors (Lipinski definition) is 3. The maximum absolute atomic E-state index is 14.2. The smallest absolute Gasteiger partial charge is 0.131 e. The molecule has 5 heteroatoms. The number of rotatable bonds is 6. The summed E-state index contributed by atoms with van der Waals surface area (Å²) in [6.45, 7) is 2.77. The number of nitrogens with one attached hydrogen (secondary N) is 1. The van der Waals surface area contributed by atoms with Gasteiger partial charge in [-0.25, -0.2) is 4.39 Å². The van der Waals surface area contributed by atoms with E-state index in [1.807, 2.05) is 13.0 Å². The third-order valence-electron chi connectivity index (χ3n) is 3.23. The Kier molecular flexibility index (Phi) is 5.70. The number of nitrogens with zero attached hydrogens (tertiary/aromatic N) is 1. The highest BCUT2D eigenvalue weighted by Gasteiger charge is 2.16. The first kappa shape index (κ1) is 15.9. The maximum Gasteiger partial charge on any atom is 0.131 e. The Morgan fingerprint density at radius 2 is 2.14 bits per heavy atom. The van der Waals surface area contributed by atoms with Crippen LogP contribution in [-0.4, -0.2) is 18.6 Å². The fraction of sp³-hybridized carbons (Fsp3) is 0.312. The number of halogens is 2. The van der Waals surface area contributed by atoms with E-state index in [1.54, 1.807) is 24.5 Å². The van der Waals surface area contributed by atoms with Crippen LogP contribution in [0.3, 0.4) is 0 Å². The zero-order valence-electron chi connectivity index (χ0n) is 12.1. The van der Waals surface area contributed by atoms with Gasteiger partial charge in [0.15, 0.2) is 0 Å². The molecule has 0 aliphatic carbocycles. The van der Waals surface area contributed by atoms with Gasteiger partial charge in [-0.05, 0) is 46.6 Å². The highest BCUT2D eigenvalue weighted by molar-refractivity contribution is 9.10. The molecule has 112 valence electrons. The second kappa shape index (κ2) is 7.52. The molecule has 2 aromatic rings. The zero-order valence-corrected chi connectivity index (χ0v) is 13.7. The van der Waals surface area contributed by atoms with Crippen molar-refractivity contribution in [3.8, 4) is 5.75 Å². The van der Waals surface area contributed by atoms with Crippen LogP contribution < -0.4 is 10.1 Å². The predicted octanol–water partition coefficient (Wildman–Crippen LogP) is 3.89. The van der Waals surface area contributed by atoms with E-state index in [4.69, 9.17) is 4.74 Å². The fourth-order valence-electron chi connectivity index (χ4n) is 2.26. The summed E-state index contributed by atoms with van der Waals surface area (Å²) >= 11 is 3.41. The van der Waals surface area contributed by atoms with E-state index in [0.29, 0.717) is 17.7 Å². The summed E-state index contributed by atoms with van der Waals surface area (Å²) in [6.07, 6.45) is 4.21. The Morgan fingerprint density at radius 1 is 1.33 bits per heavy atom. The van der Waals surface area contributed by atoms with Crippen LogP contribution in [0.5, 0.6) is 5.75 Å². The van der Waals surface area contributed by atoms with Crippen molar-refractivity contribution >= 4 is 15.9 Å². The Morgan fingerprint density at radius 3 is 2.76 bits per heavy atom. The van der Waals surface area contributed by atoms with Crippen LogP contribution >= 0.6 is 15.9 Å². The number of aromatic nitrogens is 1. The normalized spacial score (nSPS) is 12.2. The molecule has 3 nitrogen and oxygen atoms in total. The van der Waals surface area contributed by atoms with E-state index in [0.717, 1.165) is 16.6 Å². The molecule has 0 saturated heterocycles. The van der Waals surface area contributed by atoms with E-state index in [1.165, 1.54) is 13.2 Å². The van der Waals surface area contributed by atoms with Crippen molar-refractivity contribution in [2.45, 2.75) is 19.4 Å². The number of likely N-dealkylation sites (N-methyl/N-ethyl adjacent to an activating group) is 1. The quantitative estimate of drug-likeness (QED) is 0.856. The molecule has 0 spiro atoms. The number of pyridine rings is 1. The molecule has 0 fully saturated rings. The van der Waals surface area contributed by atoms with Crippen LogP contribution in [0.15, 0.2) is 41.1 Å². The van der Waals surface area contributed by atoms with Crippen molar-refractivity contribution in [3.63, 3.8) is 0 Å². The van der Waals surface area contributed by atoms with E-state index in [-0.39, 0.29) is 11.9 Å². The van der Waals surface area contributed by atoms with Crippen molar-refractivity contribution in [1.82, 2.24) is 10.3 Å². The fourth-order valence-corrected chi connectivity index (χ4v) is 2.67. The molecule has 0 aliphatic heterocycles. The maximum atomic E-state index is 14.2. The molecule has 0 radical (unpaired) electrons. The highest BCUT2D eigenvalue weighted by atomic mass is 79.9. The van der Waals surface area contributed by atoms with Crippen LogP contribution in [0.25, 0.3) is 0 Å². The van der Waals surface area contributed by atoms with E-state index < -0.39 is 0 Å². The molecule has 2 rings (SSSR count). The lowest BCUT2D eigenvalue weighted by Crippen LogP contribution is -2.24. The van der Waals surface area contributed by atoms with Crippen molar-refractivity contribution < 1.29 is 9.13 Å². The number of ether oxygens (including phenoxy) is 1. The average molecular weight is 353 g/mol. The van der Waals surface area contributed by atoms with Crippen molar-refractivity contribution in [3.05, 3.63) is 58.1 Å². The third kappa shape index (κ3) is 4.25. The zero-order chi connectivity index (χ0) is 15.2. The molecule has 0 bridgehead atoms. The number of hydrogen-bond donors (Lipinski definition) is 1. The van der Waals surface area contributed by atoms with Gasteiger partial charge in [0.05, 0.1) is 7.11 Å². The molecule has 1 heterocycles. The molecule has 1 N–H and O–H groups in total. The largest absolute Gasteiger partial charge is 0.497 e.